The van der Waals surface area contributed by atoms with Crippen LogP contribution < -0.4 is 0 Å². The van der Waals surface area contributed by atoms with Crippen LogP contribution in [0.25, 0.3) is 9.95 Å². The maximum atomic E-state index is 8.52. The Balaban J connectivity index is 0.000000368. The number of benzene rings is 2. The Morgan fingerprint density at radius 1 is 0.760 bits per heavy atom. The van der Waals surface area contributed by atoms with Gasteiger partial charge in [-0.25, -0.2) is 0 Å². The van der Waals surface area contributed by atoms with Crippen molar-refractivity contribution in [3.05, 3.63) is 66.4 Å². The second kappa shape index (κ2) is 11.0. The van der Waals surface area contributed by atoms with E-state index < -0.39 is 10.4 Å². The molecule has 0 spiro atoms. The quantitative estimate of drug-likeness (QED) is 0.294. The van der Waals surface area contributed by atoms with Gasteiger partial charge in [0.05, 0.1) is 12.1 Å². The fourth-order valence-electron chi connectivity index (χ4n) is 1.12. The highest BCUT2D eigenvalue weighted by atomic mass is 35.5. The van der Waals surface area contributed by atoms with Gasteiger partial charge in [0.2, 0.25) is 10.8 Å². The van der Waals surface area contributed by atoms with Crippen LogP contribution in [-0.2, 0) is 10.4 Å². The highest BCUT2D eigenvalue weighted by Crippen LogP contribution is 2.28. The molecule has 0 atom stereocenters. The molecule has 0 N–H and O–H groups in total. The fraction of sp³-hybridized carbons (Fsp3) is 0. The van der Waals surface area contributed by atoms with Gasteiger partial charge in [-0.3, -0.25) is 8.42 Å². The van der Waals surface area contributed by atoms with E-state index in [-0.39, 0.29) is 11.4 Å². The van der Waals surface area contributed by atoms with Crippen molar-refractivity contribution >= 4 is 68.2 Å². The van der Waals surface area contributed by atoms with Crippen molar-refractivity contribution in [3.63, 3.8) is 0 Å². The molecule has 0 saturated heterocycles. The van der Waals surface area contributed by atoms with Gasteiger partial charge in [0.15, 0.2) is 9.95 Å². The predicted octanol–water partition coefficient (Wildman–Crippen LogP) is 5.62. The van der Waals surface area contributed by atoms with E-state index in [9.17, 15) is 0 Å². The standard InChI is InChI=1S/2C6H3Cl2N2.H2O4S/c2*7-4-1-2-5(8)6(3-4)10-9;1-5(2,3)4/h2*1-3H;(H2,1,2,3,4)/q2*+1;/p-2. The summed E-state index contributed by atoms with van der Waals surface area (Å²) in [6.07, 6.45) is 0. The molecule has 132 valence electrons. The maximum absolute atomic E-state index is 8.52. The zero-order chi connectivity index (χ0) is 19.6. The Kier molecular flexibility index (Phi) is 10.3. The summed E-state index contributed by atoms with van der Waals surface area (Å²) >= 11 is 22.3. The van der Waals surface area contributed by atoms with Crippen molar-refractivity contribution in [2.24, 2.45) is 0 Å². The summed E-state index contributed by atoms with van der Waals surface area (Å²) in [4.78, 5) is 5.83. The van der Waals surface area contributed by atoms with E-state index in [0.29, 0.717) is 20.1 Å². The van der Waals surface area contributed by atoms with Crippen molar-refractivity contribution in [2.75, 3.05) is 0 Å². The summed E-state index contributed by atoms with van der Waals surface area (Å²) < 4.78 is 34.1. The molecule has 0 saturated carbocycles. The van der Waals surface area contributed by atoms with Crippen molar-refractivity contribution < 1.29 is 17.5 Å². The van der Waals surface area contributed by atoms with Crippen LogP contribution in [0.3, 0.4) is 0 Å². The van der Waals surface area contributed by atoms with Crippen molar-refractivity contribution in [2.45, 2.75) is 0 Å². The minimum absolute atomic E-state index is 0.286. The molecule has 0 amide bonds. The van der Waals surface area contributed by atoms with Gasteiger partial charge in [-0.15, -0.1) is 0 Å². The van der Waals surface area contributed by atoms with E-state index in [1.807, 2.05) is 0 Å². The highest BCUT2D eigenvalue weighted by molar-refractivity contribution is 7.79. The number of hydrogen-bond donors (Lipinski definition) is 0. The molecule has 0 unspecified atom stereocenters. The SMILES string of the molecule is N#[N+]c1cc(Cl)ccc1Cl.N#[N+]c1cc(Cl)ccc1Cl.O=S(=O)([O-])[O-]. The average molecular weight is 444 g/mol. The second-order valence-electron chi connectivity index (χ2n) is 3.80. The summed E-state index contributed by atoms with van der Waals surface area (Å²) in [6.45, 7) is 0. The first kappa shape index (κ1) is 23.3. The zero-order valence-electron chi connectivity index (χ0n) is 11.8. The van der Waals surface area contributed by atoms with Crippen LogP contribution in [0.1, 0.15) is 0 Å². The number of nitrogens with zero attached hydrogens (tertiary/aromatic N) is 4. The predicted molar refractivity (Wildman–Crippen MR) is 92.9 cm³/mol. The molecule has 2 rings (SSSR count). The normalized spacial score (nSPS) is 9.44. The van der Waals surface area contributed by atoms with Gasteiger partial charge in [0, 0.05) is 20.4 Å². The van der Waals surface area contributed by atoms with Crippen molar-refractivity contribution in [1.82, 2.24) is 0 Å². The summed E-state index contributed by atoms with van der Waals surface area (Å²) in [5, 5.41) is 18.4. The molecule has 0 aliphatic heterocycles. The summed E-state index contributed by atoms with van der Waals surface area (Å²) in [5.41, 5.74) is 0.573. The molecule has 0 aliphatic carbocycles. The van der Waals surface area contributed by atoms with Crippen LogP contribution in [0, 0.1) is 10.8 Å². The third-order valence-electron chi connectivity index (χ3n) is 2.03. The smallest absolute Gasteiger partial charge is 0.404 e. The maximum Gasteiger partial charge on any atom is 0.404 e. The molecule has 0 fully saturated rings. The van der Waals surface area contributed by atoms with Gasteiger partial charge in [-0.05, 0) is 24.3 Å². The molecule has 8 nitrogen and oxygen atoms in total. The van der Waals surface area contributed by atoms with Crippen LogP contribution in [-0.4, -0.2) is 17.5 Å². The van der Waals surface area contributed by atoms with Crippen LogP contribution in [0.4, 0.5) is 11.4 Å². The van der Waals surface area contributed by atoms with E-state index in [1.165, 1.54) is 12.1 Å². The van der Waals surface area contributed by atoms with Gasteiger partial charge >= 0.3 is 11.4 Å². The van der Waals surface area contributed by atoms with Crippen LogP contribution in [0.2, 0.25) is 20.1 Å². The van der Waals surface area contributed by atoms with Crippen molar-refractivity contribution in [1.29, 1.82) is 10.8 Å². The van der Waals surface area contributed by atoms with Gasteiger partial charge in [-0.2, -0.15) is 0 Å². The molecule has 13 heteroatoms. The van der Waals surface area contributed by atoms with Gasteiger partial charge in [-0.1, -0.05) is 46.4 Å². The summed E-state index contributed by atoms with van der Waals surface area (Å²) in [5.74, 6) is 0. The summed E-state index contributed by atoms with van der Waals surface area (Å²) in [7, 11) is -5.17. The highest BCUT2D eigenvalue weighted by Gasteiger charge is 2.11. The lowest BCUT2D eigenvalue weighted by atomic mass is 10.3. The first-order chi connectivity index (χ1) is 11.5. The number of halogens is 4. The lowest BCUT2D eigenvalue weighted by Gasteiger charge is -2.06. The van der Waals surface area contributed by atoms with Crippen LogP contribution in [0.5, 0.6) is 0 Å². The third-order valence-corrected chi connectivity index (χ3v) is 3.14. The minimum atomic E-state index is -5.17. The molecule has 0 heterocycles. The van der Waals surface area contributed by atoms with E-state index in [0.717, 1.165) is 0 Å². The lowest BCUT2D eigenvalue weighted by molar-refractivity contribution is 0.352. The third kappa shape index (κ3) is 11.5. The number of hydrogen-bond acceptors (Lipinski definition) is 6. The number of rotatable bonds is 0. The summed E-state index contributed by atoms with van der Waals surface area (Å²) in [6, 6.07) is 9.34. The van der Waals surface area contributed by atoms with Gasteiger partial charge in [0.1, 0.15) is 10.0 Å². The van der Waals surface area contributed by atoms with Crippen LogP contribution >= 0.6 is 46.4 Å². The molecular formula is C12H6Cl4N4O4S. The first-order valence-corrected chi connectivity index (χ1v) is 8.59. The Bertz CT molecular complexity index is 856. The molecule has 0 aromatic heterocycles. The largest absolute Gasteiger partial charge is 0.759 e. The first-order valence-electron chi connectivity index (χ1n) is 5.75. The van der Waals surface area contributed by atoms with Gasteiger partial charge in [0.25, 0.3) is 0 Å². The Morgan fingerprint density at radius 2 is 1.04 bits per heavy atom. The Labute approximate surface area is 162 Å². The molecule has 0 bridgehead atoms. The van der Waals surface area contributed by atoms with Crippen molar-refractivity contribution in [3.8, 4) is 0 Å². The minimum Gasteiger partial charge on any atom is -0.759 e. The molecular weight excluding hydrogens is 438 g/mol. The topological polar surface area (TPSA) is 137 Å². The number of diazo groups is 2. The van der Waals surface area contributed by atoms with E-state index in [2.05, 4.69) is 9.95 Å². The lowest BCUT2D eigenvalue weighted by Crippen LogP contribution is -1.91. The molecule has 25 heavy (non-hydrogen) atoms. The molecule has 2 aromatic carbocycles. The Hall–Kier alpha value is -1.69. The molecule has 2 aromatic rings. The second-order valence-corrected chi connectivity index (χ2v) is 6.30. The van der Waals surface area contributed by atoms with E-state index in [1.54, 1.807) is 24.3 Å². The van der Waals surface area contributed by atoms with E-state index >= 15 is 0 Å². The fourth-order valence-corrected chi connectivity index (χ4v) is 1.77. The van der Waals surface area contributed by atoms with Gasteiger partial charge < -0.3 is 9.11 Å². The molecule has 0 radical (unpaired) electrons. The Morgan fingerprint density at radius 3 is 1.24 bits per heavy atom. The average Bonchev–Trinajstić information content (AvgIpc) is 2.51. The van der Waals surface area contributed by atoms with Crippen LogP contribution in [0.15, 0.2) is 36.4 Å². The molecule has 0 aliphatic rings. The monoisotopic (exact) mass is 442 g/mol. The zero-order valence-corrected chi connectivity index (χ0v) is 15.6. The van der Waals surface area contributed by atoms with E-state index in [4.69, 9.17) is 74.7 Å².